The molecule has 0 amide bonds. The van der Waals surface area contributed by atoms with Gasteiger partial charge in [0.25, 0.3) is 0 Å². The molecule has 0 aliphatic heterocycles. The van der Waals surface area contributed by atoms with E-state index in [9.17, 15) is 13.2 Å². The van der Waals surface area contributed by atoms with E-state index in [1.807, 2.05) is 13.8 Å². The zero-order valence-corrected chi connectivity index (χ0v) is 12.0. The van der Waals surface area contributed by atoms with Crippen LogP contribution in [0.15, 0.2) is 0 Å². The zero-order chi connectivity index (χ0) is 12.5. The number of carbonyl (C=O) groups excluding carboxylic acids is 1. The molecule has 0 N–H and O–H groups in total. The Balaban J connectivity index is 0. The van der Waals surface area contributed by atoms with Gasteiger partial charge in [0.2, 0.25) is 0 Å². The molecule has 4 nitrogen and oxygen atoms in total. The third-order valence-electron chi connectivity index (χ3n) is 1.44. The minimum Gasteiger partial charge on any atom is -0.465 e. The molecule has 0 radical (unpaired) electrons. The largest absolute Gasteiger partial charge is 0.465 e. The van der Waals surface area contributed by atoms with Crippen molar-refractivity contribution in [2.24, 2.45) is 0 Å². The molecule has 0 aliphatic rings. The van der Waals surface area contributed by atoms with Crippen LogP contribution in [0.1, 0.15) is 27.2 Å². The van der Waals surface area contributed by atoms with Gasteiger partial charge in [-0.25, -0.2) is 8.42 Å². The van der Waals surface area contributed by atoms with Crippen LogP contribution in [0.2, 0.25) is 0 Å². The highest BCUT2D eigenvalue weighted by Crippen LogP contribution is 2.08. The molecule has 0 spiro atoms. The van der Waals surface area contributed by atoms with Crippen molar-refractivity contribution < 1.29 is 17.9 Å². The summed E-state index contributed by atoms with van der Waals surface area (Å²) in [5, 5.41) is -0.573. The van der Waals surface area contributed by atoms with Gasteiger partial charge in [-0.2, -0.15) is 0 Å². The molecule has 0 aromatic heterocycles. The van der Waals surface area contributed by atoms with Crippen LogP contribution in [0.25, 0.3) is 0 Å². The van der Waals surface area contributed by atoms with Gasteiger partial charge in [0, 0.05) is 11.6 Å². The molecule has 0 bridgehead atoms. The SMILES string of the molecule is CC.CCOC(=O)C(CCBr)S(C)(=O)=O. The van der Waals surface area contributed by atoms with Gasteiger partial charge in [-0.05, 0) is 13.3 Å². The number of alkyl halides is 1. The van der Waals surface area contributed by atoms with Crippen LogP contribution < -0.4 is 0 Å². The highest BCUT2D eigenvalue weighted by atomic mass is 79.9. The van der Waals surface area contributed by atoms with E-state index in [2.05, 4.69) is 20.7 Å². The lowest BCUT2D eigenvalue weighted by atomic mass is 10.3. The fourth-order valence-electron chi connectivity index (χ4n) is 0.841. The minimum atomic E-state index is -3.35. The van der Waals surface area contributed by atoms with Gasteiger partial charge in [0.05, 0.1) is 6.61 Å². The third-order valence-corrected chi connectivity index (χ3v) is 3.36. The van der Waals surface area contributed by atoms with E-state index in [4.69, 9.17) is 0 Å². The van der Waals surface area contributed by atoms with Gasteiger partial charge in [-0.3, -0.25) is 4.79 Å². The standard InChI is InChI=1S/C7H13BrO4S.C2H6/c1-3-12-7(9)6(4-5-8)13(2,10)11;1-2/h6H,3-5H2,1-2H3;1-2H3. The van der Waals surface area contributed by atoms with Crippen molar-refractivity contribution >= 4 is 31.7 Å². The van der Waals surface area contributed by atoms with Gasteiger partial charge in [0.1, 0.15) is 0 Å². The molecule has 0 aromatic rings. The molecule has 0 saturated heterocycles. The van der Waals surface area contributed by atoms with Crippen molar-refractivity contribution in [3.05, 3.63) is 0 Å². The molecular weight excluding hydrogens is 284 g/mol. The Morgan fingerprint density at radius 3 is 2.13 bits per heavy atom. The predicted octanol–water partition coefficient (Wildman–Crippen LogP) is 1.77. The second-order valence-corrected chi connectivity index (χ2v) is 5.57. The van der Waals surface area contributed by atoms with Crippen LogP contribution >= 0.6 is 15.9 Å². The first-order valence-corrected chi connectivity index (χ1v) is 7.92. The number of hydrogen-bond acceptors (Lipinski definition) is 4. The maximum atomic E-state index is 11.2. The summed E-state index contributed by atoms with van der Waals surface area (Å²) in [4.78, 5) is 11.2. The number of carbonyl (C=O) groups is 1. The highest BCUT2D eigenvalue weighted by Gasteiger charge is 2.29. The number of esters is 1. The number of sulfone groups is 1. The van der Waals surface area contributed by atoms with E-state index in [0.29, 0.717) is 5.33 Å². The second-order valence-electron chi connectivity index (χ2n) is 2.55. The molecule has 0 fully saturated rings. The van der Waals surface area contributed by atoms with E-state index in [1.165, 1.54) is 0 Å². The van der Waals surface area contributed by atoms with Gasteiger partial charge in [0.15, 0.2) is 15.1 Å². The molecule has 0 aliphatic carbocycles. The minimum absolute atomic E-state index is 0.202. The summed E-state index contributed by atoms with van der Waals surface area (Å²) in [6.45, 7) is 5.85. The van der Waals surface area contributed by atoms with Gasteiger partial charge >= 0.3 is 5.97 Å². The van der Waals surface area contributed by atoms with Crippen molar-refractivity contribution in [1.29, 1.82) is 0 Å². The first-order valence-electron chi connectivity index (χ1n) is 4.85. The molecule has 15 heavy (non-hydrogen) atoms. The fraction of sp³-hybridized carbons (Fsp3) is 0.889. The quantitative estimate of drug-likeness (QED) is 0.574. The average Bonchev–Trinajstić information content (AvgIpc) is 2.16. The summed E-state index contributed by atoms with van der Waals surface area (Å²) >= 11 is 3.09. The average molecular weight is 303 g/mol. The van der Waals surface area contributed by atoms with Crippen molar-refractivity contribution in [1.82, 2.24) is 0 Å². The Hall–Kier alpha value is -0.100. The second kappa shape index (κ2) is 9.15. The van der Waals surface area contributed by atoms with Crippen LogP contribution in [0, 0.1) is 0 Å². The summed E-state index contributed by atoms with van der Waals surface area (Å²) in [7, 11) is -3.35. The molecular formula is C9H19BrO4S. The van der Waals surface area contributed by atoms with Gasteiger partial charge in [-0.1, -0.05) is 29.8 Å². The zero-order valence-electron chi connectivity index (χ0n) is 9.62. The maximum Gasteiger partial charge on any atom is 0.324 e. The first kappa shape index (κ1) is 17.3. The summed E-state index contributed by atoms with van der Waals surface area (Å²) in [6.07, 6.45) is 1.29. The first-order chi connectivity index (χ1) is 6.93. The lowest BCUT2D eigenvalue weighted by Crippen LogP contribution is -2.31. The Kier molecular flexibility index (Phi) is 10.6. The number of ether oxygens (including phenoxy) is 1. The van der Waals surface area contributed by atoms with Crippen LogP contribution in [0.4, 0.5) is 0 Å². The van der Waals surface area contributed by atoms with Crippen LogP contribution in [0.3, 0.4) is 0 Å². The van der Waals surface area contributed by atoms with Crippen LogP contribution in [-0.4, -0.2) is 37.8 Å². The van der Waals surface area contributed by atoms with Crippen LogP contribution in [-0.2, 0) is 19.4 Å². The number of hydrogen-bond donors (Lipinski definition) is 0. The van der Waals surface area contributed by atoms with Crippen molar-refractivity contribution in [3.63, 3.8) is 0 Å². The number of rotatable bonds is 5. The molecule has 0 saturated carbocycles. The van der Waals surface area contributed by atoms with Crippen molar-refractivity contribution in [2.75, 3.05) is 18.2 Å². The molecule has 92 valence electrons. The highest BCUT2D eigenvalue weighted by molar-refractivity contribution is 9.09. The molecule has 0 aromatic carbocycles. The molecule has 6 heteroatoms. The normalized spacial score (nSPS) is 12.3. The smallest absolute Gasteiger partial charge is 0.324 e. The predicted molar refractivity (Wildman–Crippen MR) is 65.0 cm³/mol. The summed E-state index contributed by atoms with van der Waals surface area (Å²) in [5.41, 5.74) is 0. The maximum absolute atomic E-state index is 11.2. The lowest BCUT2D eigenvalue weighted by Gasteiger charge is -2.11. The third kappa shape index (κ3) is 7.79. The van der Waals surface area contributed by atoms with Crippen molar-refractivity contribution in [3.8, 4) is 0 Å². The monoisotopic (exact) mass is 302 g/mol. The molecule has 1 atom stereocenters. The van der Waals surface area contributed by atoms with Crippen LogP contribution in [0.5, 0.6) is 0 Å². The van der Waals surface area contributed by atoms with Gasteiger partial charge < -0.3 is 4.74 Å². The van der Waals surface area contributed by atoms with Gasteiger partial charge in [-0.15, -0.1) is 0 Å². The Morgan fingerprint density at radius 1 is 1.40 bits per heavy atom. The molecule has 0 heterocycles. The van der Waals surface area contributed by atoms with E-state index in [0.717, 1.165) is 6.26 Å². The molecule has 0 rings (SSSR count). The molecule has 1 unspecified atom stereocenters. The van der Waals surface area contributed by atoms with Crippen molar-refractivity contribution in [2.45, 2.75) is 32.4 Å². The Labute approximate surface area is 100 Å². The summed E-state index contributed by atoms with van der Waals surface area (Å²) in [5.74, 6) is -0.663. The lowest BCUT2D eigenvalue weighted by molar-refractivity contribution is -0.142. The Morgan fingerprint density at radius 2 is 1.87 bits per heavy atom. The Bertz CT molecular complexity index is 261. The van der Waals surface area contributed by atoms with E-state index >= 15 is 0 Å². The number of halogens is 1. The summed E-state index contributed by atoms with van der Waals surface area (Å²) in [6, 6.07) is 0. The van der Waals surface area contributed by atoms with E-state index in [1.54, 1.807) is 6.92 Å². The fourth-order valence-corrected chi connectivity index (χ4v) is 2.57. The summed E-state index contributed by atoms with van der Waals surface area (Å²) < 4.78 is 26.9. The topological polar surface area (TPSA) is 60.4 Å². The van der Waals surface area contributed by atoms with E-state index < -0.39 is 21.1 Å². The van der Waals surface area contributed by atoms with E-state index in [-0.39, 0.29) is 13.0 Å².